The second-order valence-electron chi connectivity index (χ2n) is 11.4. The van der Waals surface area contributed by atoms with Crippen molar-refractivity contribution in [1.82, 2.24) is 26.2 Å². The lowest BCUT2D eigenvalue weighted by Gasteiger charge is -2.40. The Balaban J connectivity index is 1.60. The minimum Gasteiger partial charge on any atom is -0.493 e. The molecule has 4 N–H and O–H groups in total. The van der Waals surface area contributed by atoms with Crippen LogP contribution in [0.5, 0.6) is 5.75 Å². The fourth-order valence-corrected chi connectivity index (χ4v) is 6.40. The molecule has 2 heterocycles. The van der Waals surface area contributed by atoms with Gasteiger partial charge in [0, 0.05) is 34.7 Å². The van der Waals surface area contributed by atoms with E-state index in [1.54, 1.807) is 43.1 Å². The van der Waals surface area contributed by atoms with Gasteiger partial charge in [-0.1, -0.05) is 53.5 Å². The highest BCUT2D eigenvalue weighted by molar-refractivity contribution is 6.30. The zero-order chi connectivity index (χ0) is 33.1. The minimum atomic E-state index is -4.62. The molecule has 13 heteroatoms. The van der Waals surface area contributed by atoms with E-state index in [1.165, 1.54) is 6.07 Å². The van der Waals surface area contributed by atoms with Crippen molar-refractivity contribution >= 4 is 35.0 Å². The molecule has 2 aliphatic heterocycles. The molecular weight excluding hydrogens is 642 g/mol. The number of halogens is 5. The number of nitrogens with zero attached hydrogens (tertiary/aromatic N) is 1. The zero-order valence-electron chi connectivity index (χ0n) is 25.4. The number of hydrogen-bond donors (Lipinski definition) is 4. The summed E-state index contributed by atoms with van der Waals surface area (Å²) in [5.74, 6) is -0.569. The maximum atomic E-state index is 14.8. The number of nitrogens with one attached hydrogen (secondary N) is 4. The first-order valence-corrected chi connectivity index (χ1v) is 15.8. The molecule has 0 saturated carbocycles. The summed E-state index contributed by atoms with van der Waals surface area (Å²) in [7, 11) is 1.69. The molecule has 2 amide bonds. The zero-order valence-corrected chi connectivity index (χ0v) is 26.9. The molecule has 0 spiro atoms. The van der Waals surface area contributed by atoms with Gasteiger partial charge in [-0.25, -0.2) is 0 Å². The van der Waals surface area contributed by atoms with Crippen LogP contribution < -0.4 is 26.0 Å². The minimum absolute atomic E-state index is 0.0634. The predicted molar refractivity (Wildman–Crippen MR) is 171 cm³/mol. The number of benzene rings is 3. The van der Waals surface area contributed by atoms with Crippen molar-refractivity contribution in [2.45, 2.75) is 49.7 Å². The number of likely N-dealkylation sites (tertiary alicyclic amines) is 1. The van der Waals surface area contributed by atoms with Gasteiger partial charge in [0.1, 0.15) is 5.75 Å². The van der Waals surface area contributed by atoms with Crippen molar-refractivity contribution in [1.29, 1.82) is 0 Å². The topological polar surface area (TPSA) is 94.7 Å². The van der Waals surface area contributed by atoms with Crippen molar-refractivity contribution in [3.8, 4) is 5.75 Å². The van der Waals surface area contributed by atoms with E-state index < -0.39 is 29.5 Å². The molecule has 0 aromatic heterocycles. The summed E-state index contributed by atoms with van der Waals surface area (Å²) in [5, 5.41) is 13.9. The van der Waals surface area contributed by atoms with Crippen LogP contribution in [0.2, 0.25) is 10.0 Å². The number of rotatable bonds is 9. The molecule has 2 saturated heterocycles. The Hall–Kier alpha value is -3.35. The monoisotopic (exact) mass is 677 g/mol. The molecular formula is C33H36Cl2F3N5O3. The van der Waals surface area contributed by atoms with E-state index in [1.807, 2.05) is 24.3 Å². The van der Waals surface area contributed by atoms with Gasteiger partial charge < -0.3 is 20.3 Å². The van der Waals surface area contributed by atoms with Gasteiger partial charge in [0.2, 0.25) is 5.91 Å². The summed E-state index contributed by atoms with van der Waals surface area (Å²) in [6.45, 7) is 2.60. The van der Waals surface area contributed by atoms with Gasteiger partial charge in [-0.15, -0.1) is 0 Å². The lowest BCUT2D eigenvalue weighted by atomic mass is 9.93. The van der Waals surface area contributed by atoms with Crippen LogP contribution >= 0.6 is 23.2 Å². The molecule has 246 valence electrons. The lowest BCUT2D eigenvalue weighted by Crippen LogP contribution is -2.61. The summed E-state index contributed by atoms with van der Waals surface area (Å²) in [4.78, 5) is 28.7. The molecule has 2 aliphatic rings. The van der Waals surface area contributed by atoms with Gasteiger partial charge in [-0.05, 0) is 74.3 Å². The highest BCUT2D eigenvalue weighted by Crippen LogP contribution is 2.46. The standard InChI is InChI=1S/C33H36Cl2F3N5O3/c1-3-46-27-18-22(33(36,37)38)8-13-26(27)32(31(45)43-16-14-25(15-17-43)40-28(44)19-39-2)41-29(20-4-9-23(34)10-5-20)30(42-32)21-6-11-24(35)12-7-21/h4-13,18,25,29-30,39,41-42H,3,14-17,19H2,1-2H3,(H,40,44). The van der Waals surface area contributed by atoms with E-state index in [9.17, 15) is 22.8 Å². The van der Waals surface area contributed by atoms with Gasteiger partial charge in [-0.3, -0.25) is 20.2 Å². The molecule has 0 radical (unpaired) electrons. The van der Waals surface area contributed by atoms with Crippen LogP contribution in [0.1, 0.15) is 54.1 Å². The second kappa shape index (κ2) is 14.2. The Morgan fingerprint density at radius 1 is 0.935 bits per heavy atom. The molecule has 3 aromatic rings. The fourth-order valence-electron chi connectivity index (χ4n) is 6.15. The summed E-state index contributed by atoms with van der Waals surface area (Å²) >= 11 is 12.4. The van der Waals surface area contributed by atoms with E-state index in [-0.39, 0.29) is 42.3 Å². The molecule has 2 atom stereocenters. The van der Waals surface area contributed by atoms with Crippen molar-refractivity contribution in [2.75, 3.05) is 33.3 Å². The third kappa shape index (κ3) is 7.29. The quantitative estimate of drug-likeness (QED) is 0.237. The molecule has 3 aromatic carbocycles. The van der Waals surface area contributed by atoms with Crippen LogP contribution in [0.3, 0.4) is 0 Å². The molecule has 2 unspecified atom stereocenters. The normalized spacial score (nSPS) is 22.1. The number of alkyl halides is 3. The third-order valence-electron chi connectivity index (χ3n) is 8.35. The van der Waals surface area contributed by atoms with Crippen LogP contribution in [0, 0.1) is 0 Å². The smallest absolute Gasteiger partial charge is 0.416 e. The van der Waals surface area contributed by atoms with Crippen molar-refractivity contribution in [2.24, 2.45) is 0 Å². The maximum absolute atomic E-state index is 14.8. The second-order valence-corrected chi connectivity index (χ2v) is 12.3. The van der Waals surface area contributed by atoms with E-state index in [2.05, 4.69) is 21.3 Å². The van der Waals surface area contributed by atoms with Crippen LogP contribution in [-0.4, -0.2) is 56.0 Å². The first kappa shape index (κ1) is 34.0. The van der Waals surface area contributed by atoms with Gasteiger partial charge >= 0.3 is 6.18 Å². The van der Waals surface area contributed by atoms with Gasteiger partial charge in [0.25, 0.3) is 5.91 Å². The lowest BCUT2D eigenvalue weighted by molar-refractivity contribution is -0.141. The Morgan fingerprint density at radius 2 is 1.48 bits per heavy atom. The largest absolute Gasteiger partial charge is 0.493 e. The van der Waals surface area contributed by atoms with Gasteiger partial charge in [0.15, 0.2) is 5.66 Å². The van der Waals surface area contributed by atoms with Crippen molar-refractivity contribution in [3.63, 3.8) is 0 Å². The summed E-state index contributed by atoms with van der Waals surface area (Å²) in [5.41, 5.74) is -0.732. The van der Waals surface area contributed by atoms with Crippen LogP contribution in [0.15, 0.2) is 66.7 Å². The first-order valence-electron chi connectivity index (χ1n) is 15.1. The average Bonchev–Trinajstić information content (AvgIpc) is 3.43. The highest BCUT2D eigenvalue weighted by Gasteiger charge is 2.55. The number of piperidine rings is 1. The Bertz CT molecular complexity index is 1480. The van der Waals surface area contributed by atoms with Crippen LogP contribution in [0.25, 0.3) is 0 Å². The first-order chi connectivity index (χ1) is 21.9. The van der Waals surface area contributed by atoms with Crippen molar-refractivity contribution in [3.05, 3.63) is 99.0 Å². The van der Waals surface area contributed by atoms with E-state index >= 15 is 0 Å². The highest BCUT2D eigenvalue weighted by atomic mass is 35.5. The number of ether oxygens (including phenoxy) is 1. The third-order valence-corrected chi connectivity index (χ3v) is 8.86. The average molecular weight is 679 g/mol. The summed E-state index contributed by atoms with van der Waals surface area (Å²) < 4.78 is 47.4. The maximum Gasteiger partial charge on any atom is 0.416 e. The number of carbonyl (C=O) groups excluding carboxylic acids is 2. The fraction of sp³-hybridized carbons (Fsp3) is 0.394. The van der Waals surface area contributed by atoms with Gasteiger partial charge in [0.05, 0.1) is 30.8 Å². The summed E-state index contributed by atoms with van der Waals surface area (Å²) in [6.07, 6.45) is -3.58. The molecule has 0 aliphatic carbocycles. The molecule has 2 fully saturated rings. The number of amides is 2. The van der Waals surface area contributed by atoms with E-state index in [4.69, 9.17) is 27.9 Å². The van der Waals surface area contributed by atoms with Crippen molar-refractivity contribution < 1.29 is 27.5 Å². The number of likely N-dealkylation sites (N-methyl/N-ethyl adjacent to an activating group) is 1. The molecule has 46 heavy (non-hydrogen) atoms. The Kier molecular flexibility index (Phi) is 10.5. The Morgan fingerprint density at radius 3 is 1.96 bits per heavy atom. The molecule has 0 bridgehead atoms. The number of hydrogen-bond acceptors (Lipinski definition) is 6. The Labute approximate surface area is 276 Å². The number of carbonyl (C=O) groups is 2. The van der Waals surface area contributed by atoms with E-state index in [0.717, 1.165) is 23.3 Å². The molecule has 5 rings (SSSR count). The van der Waals surface area contributed by atoms with Gasteiger partial charge in [-0.2, -0.15) is 13.2 Å². The van der Waals surface area contributed by atoms with E-state index in [0.29, 0.717) is 36.0 Å². The van der Waals surface area contributed by atoms with Crippen LogP contribution in [0.4, 0.5) is 13.2 Å². The predicted octanol–water partition coefficient (Wildman–Crippen LogP) is 5.57. The SMILES string of the molecule is CCOc1cc(C(F)(F)F)ccc1C1(C(=O)N2CCC(NC(=O)CNC)CC2)NC(c2ccc(Cl)cc2)C(c2ccc(Cl)cc2)N1. The van der Waals surface area contributed by atoms with Crippen LogP contribution in [-0.2, 0) is 21.4 Å². The molecule has 8 nitrogen and oxygen atoms in total. The summed E-state index contributed by atoms with van der Waals surface area (Å²) in [6, 6.07) is 16.4.